The van der Waals surface area contributed by atoms with Crippen molar-refractivity contribution in [3.63, 3.8) is 0 Å². The summed E-state index contributed by atoms with van der Waals surface area (Å²) in [5.74, 6) is 1.67. The lowest BCUT2D eigenvalue weighted by atomic mass is 9.98. The van der Waals surface area contributed by atoms with Crippen molar-refractivity contribution < 1.29 is 9.53 Å². The summed E-state index contributed by atoms with van der Waals surface area (Å²) >= 11 is 0. The smallest absolute Gasteiger partial charge is 0.133 e. The van der Waals surface area contributed by atoms with Gasteiger partial charge in [0.15, 0.2) is 0 Å². The number of hydrogen-bond acceptors (Lipinski definition) is 2. The summed E-state index contributed by atoms with van der Waals surface area (Å²) in [6.07, 6.45) is 2.42. The fraction of sp³-hybridized carbons (Fsp3) is 0.278. The van der Waals surface area contributed by atoms with Gasteiger partial charge < -0.3 is 4.74 Å². The topological polar surface area (TPSA) is 26.3 Å². The van der Waals surface area contributed by atoms with Crippen molar-refractivity contribution >= 4 is 5.78 Å². The Hall–Kier alpha value is -2.09. The largest absolute Gasteiger partial charge is 0.489 e. The van der Waals surface area contributed by atoms with Crippen LogP contribution in [0.1, 0.15) is 36.3 Å². The lowest BCUT2D eigenvalue weighted by molar-refractivity contribution is -0.117. The third kappa shape index (κ3) is 3.08. The number of rotatable bonds is 4. The zero-order valence-electron chi connectivity index (χ0n) is 11.4. The summed E-state index contributed by atoms with van der Waals surface area (Å²) in [7, 11) is 0. The first kappa shape index (κ1) is 12.9. The number of hydrogen-bond donors (Lipinski definition) is 0. The van der Waals surface area contributed by atoms with E-state index in [-0.39, 0.29) is 0 Å². The van der Waals surface area contributed by atoms with E-state index >= 15 is 0 Å². The van der Waals surface area contributed by atoms with Gasteiger partial charge in [0.2, 0.25) is 0 Å². The maximum Gasteiger partial charge on any atom is 0.133 e. The lowest BCUT2D eigenvalue weighted by Crippen LogP contribution is -1.97. The van der Waals surface area contributed by atoms with E-state index in [1.54, 1.807) is 0 Å². The van der Waals surface area contributed by atoms with Crippen LogP contribution in [0.15, 0.2) is 54.6 Å². The maximum atomic E-state index is 11.3. The number of carbonyl (C=O) groups is 1. The summed E-state index contributed by atoms with van der Waals surface area (Å²) in [5, 5.41) is 0. The minimum absolute atomic E-state index is 0.388. The molecule has 0 radical (unpaired) electrons. The maximum absolute atomic E-state index is 11.3. The Balaban J connectivity index is 1.60. The molecule has 2 nitrogen and oxygen atoms in total. The van der Waals surface area contributed by atoms with Crippen LogP contribution >= 0.6 is 0 Å². The van der Waals surface area contributed by atoms with Crippen LogP contribution in [0.25, 0.3) is 0 Å². The Bertz CT molecular complexity index is 572. The molecule has 1 fully saturated rings. The molecule has 0 amide bonds. The molecule has 0 aliphatic heterocycles. The molecule has 0 N–H and O–H groups in total. The highest BCUT2D eigenvalue weighted by Crippen LogP contribution is 2.32. The number of Topliss-reactive ketones (excluding diaryl/α,β-unsaturated/α-hetero) is 1. The molecule has 20 heavy (non-hydrogen) atoms. The van der Waals surface area contributed by atoms with Gasteiger partial charge in [0.05, 0.1) is 0 Å². The van der Waals surface area contributed by atoms with Gasteiger partial charge >= 0.3 is 0 Å². The van der Waals surface area contributed by atoms with E-state index in [9.17, 15) is 4.79 Å². The second kappa shape index (κ2) is 5.91. The minimum Gasteiger partial charge on any atom is -0.489 e. The fourth-order valence-electron chi connectivity index (χ4n) is 2.68. The van der Waals surface area contributed by atoms with Crippen LogP contribution in [0.4, 0.5) is 0 Å². The number of ether oxygens (including phenoxy) is 1. The average molecular weight is 266 g/mol. The molecule has 3 rings (SSSR count). The highest BCUT2D eigenvalue weighted by Gasteiger charge is 2.23. The second-order valence-electron chi connectivity index (χ2n) is 5.32. The Kier molecular flexibility index (Phi) is 3.82. The quantitative estimate of drug-likeness (QED) is 0.832. The zero-order valence-corrected chi connectivity index (χ0v) is 11.4. The van der Waals surface area contributed by atoms with E-state index < -0.39 is 0 Å². The van der Waals surface area contributed by atoms with Crippen LogP contribution in [0.3, 0.4) is 0 Å². The van der Waals surface area contributed by atoms with Crippen molar-refractivity contribution in [3.05, 3.63) is 65.7 Å². The highest BCUT2D eigenvalue weighted by molar-refractivity contribution is 5.81. The van der Waals surface area contributed by atoms with E-state index in [1.807, 2.05) is 30.3 Å². The van der Waals surface area contributed by atoms with Gasteiger partial charge in [-0.2, -0.15) is 0 Å². The van der Waals surface area contributed by atoms with Crippen LogP contribution in [0.5, 0.6) is 5.75 Å². The molecule has 0 unspecified atom stereocenters. The SMILES string of the molecule is O=C1CC[C@@H](c2ccc(OCc3ccccc3)cc2)C1. The molecule has 0 bridgehead atoms. The van der Waals surface area contributed by atoms with Gasteiger partial charge in [-0.15, -0.1) is 0 Å². The number of ketones is 1. The first-order chi connectivity index (χ1) is 9.81. The predicted molar refractivity (Wildman–Crippen MR) is 78.8 cm³/mol. The Labute approximate surface area is 119 Å². The normalized spacial score (nSPS) is 18.2. The summed E-state index contributed by atoms with van der Waals surface area (Å²) in [6.45, 7) is 0.585. The molecule has 0 saturated heterocycles. The van der Waals surface area contributed by atoms with Gasteiger partial charge in [0, 0.05) is 12.8 Å². The first-order valence-electron chi connectivity index (χ1n) is 7.09. The van der Waals surface area contributed by atoms with E-state index in [0.29, 0.717) is 24.7 Å². The molecule has 0 heterocycles. The van der Waals surface area contributed by atoms with Crippen molar-refractivity contribution in [3.8, 4) is 5.75 Å². The van der Waals surface area contributed by atoms with Gasteiger partial charge in [-0.3, -0.25) is 4.79 Å². The molecule has 2 heteroatoms. The van der Waals surface area contributed by atoms with Crippen LogP contribution in [0.2, 0.25) is 0 Å². The van der Waals surface area contributed by atoms with Crippen molar-refractivity contribution in [2.75, 3.05) is 0 Å². The van der Waals surface area contributed by atoms with E-state index in [2.05, 4.69) is 24.3 Å². The van der Waals surface area contributed by atoms with Crippen molar-refractivity contribution in [1.82, 2.24) is 0 Å². The van der Waals surface area contributed by atoms with E-state index in [4.69, 9.17) is 4.74 Å². The zero-order chi connectivity index (χ0) is 13.8. The molecule has 2 aromatic carbocycles. The van der Waals surface area contributed by atoms with Crippen LogP contribution in [-0.2, 0) is 11.4 Å². The summed E-state index contributed by atoms with van der Waals surface area (Å²) < 4.78 is 5.76. The third-order valence-electron chi connectivity index (χ3n) is 3.85. The molecular weight excluding hydrogens is 248 g/mol. The minimum atomic E-state index is 0.388. The van der Waals surface area contributed by atoms with Crippen molar-refractivity contribution in [1.29, 1.82) is 0 Å². The van der Waals surface area contributed by atoms with Gasteiger partial charge in [-0.1, -0.05) is 42.5 Å². The molecule has 1 aliphatic rings. The van der Waals surface area contributed by atoms with Crippen LogP contribution in [-0.4, -0.2) is 5.78 Å². The molecule has 102 valence electrons. The Morgan fingerprint density at radius 2 is 1.75 bits per heavy atom. The molecule has 1 aliphatic carbocycles. The van der Waals surface area contributed by atoms with Crippen molar-refractivity contribution in [2.45, 2.75) is 31.8 Å². The Morgan fingerprint density at radius 1 is 1.00 bits per heavy atom. The first-order valence-corrected chi connectivity index (χ1v) is 7.09. The van der Waals surface area contributed by atoms with Gasteiger partial charge in [-0.25, -0.2) is 0 Å². The van der Waals surface area contributed by atoms with Crippen LogP contribution in [0, 0.1) is 0 Å². The number of carbonyl (C=O) groups excluding carboxylic acids is 1. The molecule has 0 spiro atoms. The average Bonchev–Trinajstić information content (AvgIpc) is 2.93. The second-order valence-corrected chi connectivity index (χ2v) is 5.32. The standard InChI is InChI=1S/C18H18O2/c19-17-9-6-16(12-17)15-7-10-18(11-8-15)20-13-14-4-2-1-3-5-14/h1-5,7-8,10-11,16H,6,9,12-13H2/t16-/m1/s1. The molecule has 1 atom stereocenters. The Morgan fingerprint density at radius 3 is 2.40 bits per heavy atom. The molecule has 2 aromatic rings. The highest BCUT2D eigenvalue weighted by atomic mass is 16.5. The van der Waals surface area contributed by atoms with Crippen LogP contribution < -0.4 is 4.74 Å². The molecule has 1 saturated carbocycles. The van der Waals surface area contributed by atoms with Gasteiger partial charge in [0.1, 0.15) is 18.1 Å². The summed E-state index contributed by atoms with van der Waals surface area (Å²) in [5.41, 5.74) is 2.42. The van der Waals surface area contributed by atoms with E-state index in [0.717, 1.165) is 24.2 Å². The summed E-state index contributed by atoms with van der Waals surface area (Å²) in [4.78, 5) is 11.3. The number of benzene rings is 2. The molecule has 0 aromatic heterocycles. The monoisotopic (exact) mass is 266 g/mol. The van der Waals surface area contributed by atoms with E-state index in [1.165, 1.54) is 5.56 Å². The fourth-order valence-corrected chi connectivity index (χ4v) is 2.68. The van der Waals surface area contributed by atoms with Crippen molar-refractivity contribution in [2.24, 2.45) is 0 Å². The third-order valence-corrected chi connectivity index (χ3v) is 3.85. The van der Waals surface area contributed by atoms with Gasteiger partial charge in [0.25, 0.3) is 0 Å². The predicted octanol–water partition coefficient (Wildman–Crippen LogP) is 4.10. The molecular formula is C18H18O2. The van der Waals surface area contributed by atoms with Gasteiger partial charge in [-0.05, 0) is 35.6 Å². The lowest BCUT2D eigenvalue weighted by Gasteiger charge is -2.10. The summed E-state index contributed by atoms with van der Waals surface area (Å²) in [6, 6.07) is 18.3.